The predicted octanol–water partition coefficient (Wildman–Crippen LogP) is 2.13. The van der Waals surface area contributed by atoms with Crippen LogP contribution in [0, 0.1) is 0 Å². The van der Waals surface area contributed by atoms with Gasteiger partial charge in [0.05, 0.1) is 24.6 Å². The van der Waals surface area contributed by atoms with E-state index in [1.807, 2.05) is 0 Å². The third-order valence-corrected chi connectivity index (χ3v) is 3.07. The van der Waals surface area contributed by atoms with Gasteiger partial charge in [-0.2, -0.15) is 0 Å². The van der Waals surface area contributed by atoms with Gasteiger partial charge in [0.1, 0.15) is 5.69 Å². The second-order valence-electron chi connectivity index (χ2n) is 4.37. The molecular formula is C15H11N3O4. The van der Waals surface area contributed by atoms with Crippen molar-refractivity contribution >= 4 is 12.3 Å². The van der Waals surface area contributed by atoms with Gasteiger partial charge in [0.2, 0.25) is 0 Å². The van der Waals surface area contributed by atoms with Gasteiger partial charge in [0, 0.05) is 0 Å². The van der Waals surface area contributed by atoms with Gasteiger partial charge in [-0.1, -0.05) is 11.3 Å². The minimum absolute atomic E-state index is 0.151. The smallest absolute Gasteiger partial charge is 0.337 e. The van der Waals surface area contributed by atoms with Crippen molar-refractivity contribution in [2.45, 2.75) is 0 Å². The molecule has 22 heavy (non-hydrogen) atoms. The van der Waals surface area contributed by atoms with E-state index >= 15 is 0 Å². The maximum atomic E-state index is 11.6. The molecule has 2 heterocycles. The lowest BCUT2D eigenvalue weighted by molar-refractivity contribution is 0.0600. The minimum Gasteiger partial charge on any atom is -0.465 e. The van der Waals surface area contributed by atoms with Crippen LogP contribution in [0.4, 0.5) is 0 Å². The molecule has 0 aliphatic rings. The lowest BCUT2D eigenvalue weighted by Gasteiger charge is -2.06. The Bertz CT molecular complexity index is 821. The maximum absolute atomic E-state index is 11.6. The largest absolute Gasteiger partial charge is 0.465 e. The first-order chi connectivity index (χ1) is 10.7. The highest BCUT2D eigenvalue weighted by molar-refractivity contribution is 5.90. The number of nitrogens with zero attached hydrogens (tertiary/aromatic N) is 3. The lowest BCUT2D eigenvalue weighted by atomic mass is 10.2. The maximum Gasteiger partial charge on any atom is 0.337 e. The fourth-order valence-corrected chi connectivity index (χ4v) is 2.08. The second kappa shape index (κ2) is 5.65. The summed E-state index contributed by atoms with van der Waals surface area (Å²) < 4.78 is 11.5. The van der Waals surface area contributed by atoms with Crippen molar-refractivity contribution in [1.29, 1.82) is 0 Å². The molecule has 0 aliphatic carbocycles. The molecule has 3 rings (SSSR count). The number of aromatic nitrogens is 3. The Balaban J connectivity index is 2.15. The van der Waals surface area contributed by atoms with Crippen LogP contribution < -0.4 is 0 Å². The summed E-state index contributed by atoms with van der Waals surface area (Å²) in [6, 6.07) is 10.1. The molecule has 0 bridgehead atoms. The number of carbonyl (C=O) groups excluding carboxylic acids is 2. The van der Waals surface area contributed by atoms with Crippen LogP contribution in [0.5, 0.6) is 0 Å². The Morgan fingerprint density at radius 2 is 2.18 bits per heavy atom. The molecule has 0 radical (unpaired) electrons. The third-order valence-electron chi connectivity index (χ3n) is 3.07. The van der Waals surface area contributed by atoms with Crippen LogP contribution in [0.25, 0.3) is 17.1 Å². The number of ether oxygens (including phenoxy) is 1. The first-order valence-corrected chi connectivity index (χ1v) is 6.38. The van der Waals surface area contributed by atoms with Gasteiger partial charge in [-0.15, -0.1) is 5.10 Å². The number of esters is 1. The summed E-state index contributed by atoms with van der Waals surface area (Å²) in [6.07, 6.45) is 2.09. The van der Waals surface area contributed by atoms with Gasteiger partial charge in [0.25, 0.3) is 0 Å². The molecule has 0 saturated carbocycles. The summed E-state index contributed by atoms with van der Waals surface area (Å²) in [7, 11) is 1.31. The van der Waals surface area contributed by atoms with Gasteiger partial charge < -0.3 is 9.15 Å². The number of aldehydes is 1. The number of carbonyl (C=O) groups is 2. The van der Waals surface area contributed by atoms with Crippen molar-refractivity contribution in [2.75, 3.05) is 7.11 Å². The van der Waals surface area contributed by atoms with E-state index in [4.69, 9.17) is 9.15 Å². The van der Waals surface area contributed by atoms with E-state index in [1.54, 1.807) is 36.4 Å². The van der Waals surface area contributed by atoms with E-state index in [0.29, 0.717) is 29.0 Å². The predicted molar refractivity (Wildman–Crippen MR) is 75.8 cm³/mol. The number of benzene rings is 1. The summed E-state index contributed by atoms with van der Waals surface area (Å²) in [5, 5.41) is 7.79. The van der Waals surface area contributed by atoms with Crippen molar-refractivity contribution in [3.63, 3.8) is 0 Å². The molecule has 1 aromatic carbocycles. The third kappa shape index (κ3) is 2.28. The van der Waals surface area contributed by atoms with E-state index in [9.17, 15) is 9.59 Å². The first-order valence-electron chi connectivity index (χ1n) is 6.38. The number of rotatable bonds is 4. The molecule has 3 aromatic rings. The molecule has 0 N–H and O–H groups in total. The molecule has 0 fully saturated rings. The molecular weight excluding hydrogens is 286 g/mol. The van der Waals surface area contributed by atoms with Crippen LogP contribution in [0.15, 0.2) is 47.1 Å². The van der Waals surface area contributed by atoms with Crippen molar-refractivity contribution in [3.05, 3.63) is 53.9 Å². The monoisotopic (exact) mass is 297 g/mol. The Morgan fingerprint density at radius 3 is 2.86 bits per heavy atom. The number of methoxy groups -OCH3 is 1. The van der Waals surface area contributed by atoms with E-state index in [1.165, 1.54) is 18.1 Å². The SMILES string of the molecule is COC(=O)c1cccc(-n2nnc(C=O)c2-c2ccco2)c1. The molecule has 2 aromatic heterocycles. The zero-order valence-electron chi connectivity index (χ0n) is 11.6. The standard InChI is InChI=1S/C15H11N3O4/c1-21-15(20)10-4-2-5-11(8-10)18-14(12(9-19)16-17-18)13-6-3-7-22-13/h2-9H,1H3. The van der Waals surface area contributed by atoms with Crippen LogP contribution in [0.1, 0.15) is 20.8 Å². The normalized spacial score (nSPS) is 10.4. The molecule has 0 atom stereocenters. The van der Waals surface area contributed by atoms with E-state index in [2.05, 4.69) is 10.3 Å². The van der Waals surface area contributed by atoms with Gasteiger partial charge in [0.15, 0.2) is 17.7 Å². The Morgan fingerprint density at radius 1 is 1.32 bits per heavy atom. The van der Waals surface area contributed by atoms with E-state index < -0.39 is 5.97 Å². The lowest BCUT2D eigenvalue weighted by Crippen LogP contribution is -2.04. The zero-order valence-corrected chi connectivity index (χ0v) is 11.6. The number of hydrogen-bond donors (Lipinski definition) is 0. The van der Waals surface area contributed by atoms with Crippen LogP contribution in [-0.2, 0) is 4.74 Å². The summed E-state index contributed by atoms with van der Waals surface area (Å²) in [5.74, 6) is -0.00676. The molecule has 0 amide bonds. The summed E-state index contributed by atoms with van der Waals surface area (Å²) in [4.78, 5) is 22.8. The average molecular weight is 297 g/mol. The summed E-state index contributed by atoms with van der Waals surface area (Å²) in [5.41, 5.74) is 1.50. The summed E-state index contributed by atoms with van der Waals surface area (Å²) >= 11 is 0. The molecule has 7 nitrogen and oxygen atoms in total. The average Bonchev–Trinajstić information content (AvgIpc) is 3.22. The van der Waals surface area contributed by atoms with Crippen molar-refractivity contribution in [1.82, 2.24) is 15.0 Å². The topological polar surface area (TPSA) is 87.2 Å². The van der Waals surface area contributed by atoms with E-state index in [0.717, 1.165) is 0 Å². The highest BCUT2D eigenvalue weighted by atomic mass is 16.5. The van der Waals surface area contributed by atoms with Gasteiger partial charge in [-0.25, -0.2) is 9.48 Å². The van der Waals surface area contributed by atoms with Crippen LogP contribution in [0.2, 0.25) is 0 Å². The van der Waals surface area contributed by atoms with Gasteiger partial charge in [-0.3, -0.25) is 4.79 Å². The van der Waals surface area contributed by atoms with Crippen molar-refractivity contribution < 1.29 is 18.7 Å². The fourth-order valence-electron chi connectivity index (χ4n) is 2.08. The molecule has 0 saturated heterocycles. The number of furan rings is 1. The van der Waals surface area contributed by atoms with Gasteiger partial charge >= 0.3 is 5.97 Å². The molecule has 110 valence electrons. The van der Waals surface area contributed by atoms with Crippen molar-refractivity contribution in [2.24, 2.45) is 0 Å². The highest BCUT2D eigenvalue weighted by Crippen LogP contribution is 2.25. The summed E-state index contributed by atoms with van der Waals surface area (Å²) in [6.45, 7) is 0. The Hall–Kier alpha value is -3.22. The number of hydrogen-bond acceptors (Lipinski definition) is 6. The van der Waals surface area contributed by atoms with Crippen molar-refractivity contribution in [3.8, 4) is 17.1 Å². The van der Waals surface area contributed by atoms with Crippen LogP contribution >= 0.6 is 0 Å². The second-order valence-corrected chi connectivity index (χ2v) is 4.37. The quantitative estimate of drug-likeness (QED) is 0.541. The zero-order chi connectivity index (χ0) is 15.5. The highest BCUT2D eigenvalue weighted by Gasteiger charge is 2.18. The van der Waals surface area contributed by atoms with E-state index in [-0.39, 0.29) is 5.69 Å². The van der Waals surface area contributed by atoms with Crippen LogP contribution in [0.3, 0.4) is 0 Å². The molecule has 0 unspecified atom stereocenters. The van der Waals surface area contributed by atoms with Gasteiger partial charge in [-0.05, 0) is 30.3 Å². The van der Waals surface area contributed by atoms with Crippen LogP contribution in [-0.4, -0.2) is 34.4 Å². The minimum atomic E-state index is -0.461. The Kier molecular flexibility index (Phi) is 3.53. The Labute approximate surface area is 125 Å². The first kappa shape index (κ1) is 13.7. The fraction of sp³-hybridized carbons (Fsp3) is 0.0667. The molecule has 7 heteroatoms. The molecule has 0 aliphatic heterocycles. The molecule has 0 spiro atoms.